The molecular weight excluding hydrogens is 273 g/mol. The number of nitrogens with one attached hydrogen (secondary N) is 1. The highest BCUT2D eigenvalue weighted by atomic mass is 32.2. The first-order chi connectivity index (χ1) is 8.81. The summed E-state index contributed by atoms with van der Waals surface area (Å²) in [6.45, 7) is 5.51. The van der Waals surface area contributed by atoms with Crippen molar-refractivity contribution < 1.29 is 13.2 Å². The molecule has 1 atom stereocenters. The Morgan fingerprint density at radius 2 is 1.79 bits per heavy atom. The van der Waals surface area contributed by atoms with E-state index in [9.17, 15) is 13.2 Å². The van der Waals surface area contributed by atoms with Crippen molar-refractivity contribution in [2.24, 2.45) is 17.6 Å². The topological polar surface area (TPSA) is 38.0 Å². The van der Waals surface area contributed by atoms with Gasteiger partial charge < -0.3 is 11.1 Å². The van der Waals surface area contributed by atoms with Gasteiger partial charge in [0.25, 0.3) is 0 Å². The second-order valence-electron chi connectivity index (χ2n) is 4.69. The Morgan fingerprint density at radius 1 is 1.21 bits per heavy atom. The van der Waals surface area contributed by atoms with Crippen LogP contribution in [0.15, 0.2) is 29.2 Å². The molecule has 1 unspecified atom stereocenters. The number of hydrogen-bond acceptors (Lipinski definition) is 3. The van der Waals surface area contributed by atoms with E-state index in [0.717, 1.165) is 12.2 Å². The zero-order chi connectivity index (χ0) is 14.5. The lowest BCUT2D eigenvalue weighted by Crippen LogP contribution is -2.27. The van der Waals surface area contributed by atoms with E-state index in [-0.39, 0.29) is 16.7 Å². The van der Waals surface area contributed by atoms with E-state index in [1.54, 1.807) is 12.1 Å². The largest absolute Gasteiger partial charge is 0.446 e. The first-order valence-corrected chi connectivity index (χ1v) is 6.93. The third kappa shape index (κ3) is 6.20. The Hall–Kier alpha value is -0.880. The van der Waals surface area contributed by atoms with Crippen molar-refractivity contribution in [2.75, 3.05) is 18.4 Å². The molecule has 2 nitrogen and oxygen atoms in total. The number of anilines is 1. The zero-order valence-electron chi connectivity index (χ0n) is 11.0. The van der Waals surface area contributed by atoms with Crippen LogP contribution < -0.4 is 11.1 Å². The maximum absolute atomic E-state index is 12.2. The quantitative estimate of drug-likeness (QED) is 0.780. The molecule has 0 bridgehead atoms. The average molecular weight is 292 g/mol. The molecule has 19 heavy (non-hydrogen) atoms. The van der Waals surface area contributed by atoms with Crippen LogP contribution in [0.3, 0.4) is 0 Å². The predicted molar refractivity (Wildman–Crippen MR) is 74.2 cm³/mol. The van der Waals surface area contributed by atoms with Gasteiger partial charge in [0.2, 0.25) is 0 Å². The number of rotatable bonds is 6. The summed E-state index contributed by atoms with van der Waals surface area (Å²) < 4.78 is 36.5. The molecule has 0 aromatic heterocycles. The van der Waals surface area contributed by atoms with Crippen LogP contribution in [0, 0.1) is 11.8 Å². The Morgan fingerprint density at radius 3 is 2.21 bits per heavy atom. The van der Waals surface area contributed by atoms with Crippen LogP contribution in [0.1, 0.15) is 13.8 Å². The summed E-state index contributed by atoms with van der Waals surface area (Å²) in [6, 6.07) is 6.24. The molecular formula is C13H19F3N2S. The van der Waals surface area contributed by atoms with Crippen molar-refractivity contribution in [3.63, 3.8) is 0 Å². The van der Waals surface area contributed by atoms with Crippen molar-refractivity contribution in [1.29, 1.82) is 0 Å². The molecule has 1 aromatic carbocycles. The van der Waals surface area contributed by atoms with Gasteiger partial charge in [0.05, 0.1) is 0 Å². The molecule has 0 saturated carbocycles. The van der Waals surface area contributed by atoms with Gasteiger partial charge in [-0.05, 0) is 54.4 Å². The molecule has 0 spiro atoms. The summed E-state index contributed by atoms with van der Waals surface area (Å²) in [4.78, 5) is 0.192. The van der Waals surface area contributed by atoms with Crippen molar-refractivity contribution >= 4 is 17.4 Å². The zero-order valence-corrected chi connectivity index (χ0v) is 11.8. The number of thioether (sulfide) groups is 1. The molecule has 0 aliphatic rings. The van der Waals surface area contributed by atoms with Crippen LogP contribution in [0.25, 0.3) is 0 Å². The Labute approximate surface area is 115 Å². The second kappa shape index (κ2) is 7.05. The van der Waals surface area contributed by atoms with Crippen LogP contribution in [0.5, 0.6) is 0 Å². The molecule has 6 heteroatoms. The van der Waals surface area contributed by atoms with E-state index in [1.165, 1.54) is 12.1 Å². The fraction of sp³-hybridized carbons (Fsp3) is 0.538. The van der Waals surface area contributed by atoms with Crippen LogP contribution >= 0.6 is 11.8 Å². The van der Waals surface area contributed by atoms with Crippen LogP contribution in [0.2, 0.25) is 0 Å². The first kappa shape index (κ1) is 16.2. The van der Waals surface area contributed by atoms with Gasteiger partial charge in [-0.25, -0.2) is 0 Å². The van der Waals surface area contributed by atoms with E-state index in [4.69, 9.17) is 5.73 Å². The number of benzene rings is 1. The summed E-state index contributed by atoms with van der Waals surface area (Å²) in [7, 11) is 0. The number of alkyl halides is 3. The average Bonchev–Trinajstić information content (AvgIpc) is 2.29. The highest BCUT2D eigenvalue weighted by Crippen LogP contribution is 2.37. The second-order valence-corrected chi connectivity index (χ2v) is 5.83. The normalized spacial score (nSPS) is 13.6. The fourth-order valence-corrected chi connectivity index (χ4v) is 2.15. The van der Waals surface area contributed by atoms with Gasteiger partial charge >= 0.3 is 5.51 Å². The minimum atomic E-state index is -4.24. The van der Waals surface area contributed by atoms with E-state index < -0.39 is 5.51 Å². The van der Waals surface area contributed by atoms with E-state index in [0.29, 0.717) is 18.4 Å². The first-order valence-electron chi connectivity index (χ1n) is 6.11. The Balaban J connectivity index is 2.53. The summed E-state index contributed by atoms with van der Waals surface area (Å²) in [6.07, 6.45) is 0. The number of hydrogen-bond donors (Lipinski definition) is 2. The van der Waals surface area contributed by atoms with Crippen molar-refractivity contribution in [1.82, 2.24) is 0 Å². The SMILES string of the molecule is CC(C)C(CN)CNc1ccc(SC(F)(F)F)cc1. The van der Waals surface area contributed by atoms with Crippen molar-refractivity contribution in [2.45, 2.75) is 24.3 Å². The minimum Gasteiger partial charge on any atom is -0.385 e. The maximum atomic E-state index is 12.2. The lowest BCUT2D eigenvalue weighted by atomic mass is 9.96. The smallest absolute Gasteiger partial charge is 0.385 e. The van der Waals surface area contributed by atoms with Gasteiger partial charge in [-0.1, -0.05) is 13.8 Å². The molecule has 0 aliphatic carbocycles. The lowest BCUT2D eigenvalue weighted by Gasteiger charge is -2.20. The molecule has 0 aliphatic heterocycles. The van der Waals surface area contributed by atoms with Crippen LogP contribution in [-0.2, 0) is 0 Å². The standard InChI is InChI=1S/C13H19F3N2S/c1-9(2)10(7-17)8-18-11-3-5-12(6-4-11)19-13(14,15)16/h3-6,9-10,18H,7-8,17H2,1-2H3. The molecule has 0 saturated heterocycles. The van der Waals surface area contributed by atoms with E-state index in [1.807, 2.05) is 0 Å². The van der Waals surface area contributed by atoms with Crippen LogP contribution in [0.4, 0.5) is 18.9 Å². The van der Waals surface area contributed by atoms with Gasteiger partial charge in [-0.2, -0.15) is 13.2 Å². The summed E-state index contributed by atoms with van der Waals surface area (Å²) >= 11 is -0.105. The van der Waals surface area contributed by atoms with Crippen LogP contribution in [-0.4, -0.2) is 18.6 Å². The van der Waals surface area contributed by atoms with Gasteiger partial charge in [-0.15, -0.1) is 0 Å². The Kier molecular flexibility index (Phi) is 6.00. The van der Waals surface area contributed by atoms with Crippen molar-refractivity contribution in [3.05, 3.63) is 24.3 Å². The monoisotopic (exact) mass is 292 g/mol. The van der Waals surface area contributed by atoms with Gasteiger partial charge in [-0.3, -0.25) is 0 Å². The highest BCUT2D eigenvalue weighted by molar-refractivity contribution is 8.00. The fourth-order valence-electron chi connectivity index (χ4n) is 1.61. The molecule has 3 N–H and O–H groups in total. The molecule has 0 amide bonds. The highest BCUT2D eigenvalue weighted by Gasteiger charge is 2.28. The third-order valence-electron chi connectivity index (χ3n) is 2.90. The summed E-state index contributed by atoms with van der Waals surface area (Å²) in [5.74, 6) is 0.821. The third-order valence-corrected chi connectivity index (χ3v) is 3.64. The predicted octanol–water partition coefficient (Wildman–Crippen LogP) is 3.94. The van der Waals surface area contributed by atoms with Gasteiger partial charge in [0, 0.05) is 17.1 Å². The molecule has 0 heterocycles. The maximum Gasteiger partial charge on any atom is 0.446 e. The molecule has 1 aromatic rings. The molecule has 0 radical (unpaired) electrons. The Bertz CT molecular complexity index is 376. The van der Waals surface area contributed by atoms with Crippen molar-refractivity contribution in [3.8, 4) is 0 Å². The molecule has 0 fully saturated rings. The van der Waals surface area contributed by atoms with Gasteiger partial charge in [0.15, 0.2) is 0 Å². The molecule has 1 rings (SSSR count). The lowest BCUT2D eigenvalue weighted by molar-refractivity contribution is -0.0328. The van der Waals surface area contributed by atoms with E-state index >= 15 is 0 Å². The number of nitrogens with two attached hydrogens (primary N) is 1. The summed E-state index contributed by atoms with van der Waals surface area (Å²) in [5, 5.41) is 3.20. The number of halogens is 3. The minimum absolute atomic E-state index is 0.105. The summed E-state index contributed by atoms with van der Waals surface area (Å²) in [5.41, 5.74) is 2.23. The molecule has 108 valence electrons. The van der Waals surface area contributed by atoms with E-state index in [2.05, 4.69) is 19.2 Å². The van der Waals surface area contributed by atoms with Gasteiger partial charge in [0.1, 0.15) is 0 Å².